The van der Waals surface area contributed by atoms with Crippen LogP contribution in [0.25, 0.3) is 0 Å². The number of piperazine rings is 1. The fraction of sp³-hybridized carbons (Fsp3) is 0.600. The standard InChI is InChI=1S/C20H30N6O2/c1-20(2,3)17-5-6-18(27)26(23-17)14-13-24-9-11-25(12-10-24)15-16-7-8-21-19(22-16)28-4/h5-8H,9-15H2,1-4H3. The first-order chi connectivity index (χ1) is 13.3. The molecule has 8 heteroatoms. The van der Waals surface area contributed by atoms with Crippen molar-refractivity contribution >= 4 is 0 Å². The number of hydrogen-bond acceptors (Lipinski definition) is 7. The number of rotatable bonds is 6. The zero-order valence-electron chi connectivity index (χ0n) is 17.3. The smallest absolute Gasteiger partial charge is 0.316 e. The van der Waals surface area contributed by atoms with Crippen LogP contribution in [0.3, 0.4) is 0 Å². The van der Waals surface area contributed by atoms with Gasteiger partial charge in [-0.2, -0.15) is 10.1 Å². The van der Waals surface area contributed by atoms with Crippen LogP contribution in [-0.4, -0.2) is 69.4 Å². The Morgan fingerprint density at radius 2 is 1.75 bits per heavy atom. The van der Waals surface area contributed by atoms with Gasteiger partial charge in [0.2, 0.25) is 0 Å². The minimum Gasteiger partial charge on any atom is -0.467 e. The summed E-state index contributed by atoms with van der Waals surface area (Å²) in [6.45, 7) is 12.4. The summed E-state index contributed by atoms with van der Waals surface area (Å²) in [7, 11) is 1.58. The lowest BCUT2D eigenvalue weighted by molar-refractivity contribution is 0.121. The van der Waals surface area contributed by atoms with E-state index >= 15 is 0 Å². The van der Waals surface area contributed by atoms with Crippen molar-refractivity contribution in [3.05, 3.63) is 46.1 Å². The molecule has 0 aromatic carbocycles. The van der Waals surface area contributed by atoms with Gasteiger partial charge in [-0.15, -0.1) is 0 Å². The molecular weight excluding hydrogens is 356 g/mol. The van der Waals surface area contributed by atoms with Gasteiger partial charge < -0.3 is 4.74 Å². The van der Waals surface area contributed by atoms with Crippen molar-refractivity contribution in [3.8, 4) is 6.01 Å². The van der Waals surface area contributed by atoms with E-state index in [9.17, 15) is 4.79 Å². The monoisotopic (exact) mass is 386 g/mol. The highest BCUT2D eigenvalue weighted by molar-refractivity contribution is 5.10. The average Bonchev–Trinajstić information content (AvgIpc) is 2.68. The summed E-state index contributed by atoms with van der Waals surface area (Å²) in [5.74, 6) is 0. The van der Waals surface area contributed by atoms with Gasteiger partial charge >= 0.3 is 6.01 Å². The number of hydrogen-bond donors (Lipinski definition) is 0. The van der Waals surface area contributed by atoms with Crippen LogP contribution < -0.4 is 10.3 Å². The molecule has 8 nitrogen and oxygen atoms in total. The second-order valence-corrected chi connectivity index (χ2v) is 8.18. The van der Waals surface area contributed by atoms with Gasteiger partial charge in [0.25, 0.3) is 5.56 Å². The van der Waals surface area contributed by atoms with Crippen molar-refractivity contribution in [2.75, 3.05) is 39.8 Å². The Bertz CT molecular complexity index is 837. The molecule has 152 valence electrons. The van der Waals surface area contributed by atoms with Crippen LogP contribution in [0.5, 0.6) is 6.01 Å². The van der Waals surface area contributed by atoms with E-state index in [4.69, 9.17) is 4.74 Å². The lowest BCUT2D eigenvalue weighted by Crippen LogP contribution is -2.47. The SMILES string of the molecule is COc1nccc(CN2CCN(CCn3nc(C(C)(C)C)ccc3=O)CC2)n1. The quantitative estimate of drug-likeness (QED) is 0.737. The molecule has 0 saturated carbocycles. The Hall–Kier alpha value is -2.32. The molecule has 0 spiro atoms. The van der Waals surface area contributed by atoms with Crippen LogP contribution >= 0.6 is 0 Å². The fourth-order valence-electron chi connectivity index (χ4n) is 3.21. The largest absolute Gasteiger partial charge is 0.467 e. The average molecular weight is 387 g/mol. The molecule has 3 heterocycles. The summed E-state index contributed by atoms with van der Waals surface area (Å²) in [4.78, 5) is 25.3. The number of aromatic nitrogens is 4. The highest BCUT2D eigenvalue weighted by Gasteiger charge is 2.19. The van der Waals surface area contributed by atoms with Crippen LogP contribution in [0.4, 0.5) is 0 Å². The maximum absolute atomic E-state index is 12.1. The molecule has 28 heavy (non-hydrogen) atoms. The van der Waals surface area contributed by atoms with E-state index in [1.807, 2.05) is 12.1 Å². The maximum Gasteiger partial charge on any atom is 0.316 e. The lowest BCUT2D eigenvalue weighted by Gasteiger charge is -2.34. The van der Waals surface area contributed by atoms with Gasteiger partial charge in [0.15, 0.2) is 0 Å². The minimum atomic E-state index is -0.0647. The molecule has 0 aliphatic carbocycles. The van der Waals surface area contributed by atoms with Crippen LogP contribution in [0.1, 0.15) is 32.2 Å². The van der Waals surface area contributed by atoms with Gasteiger partial charge in [0.1, 0.15) is 0 Å². The summed E-state index contributed by atoms with van der Waals surface area (Å²) in [6.07, 6.45) is 1.73. The first kappa shape index (κ1) is 20.4. The lowest BCUT2D eigenvalue weighted by atomic mass is 9.92. The van der Waals surface area contributed by atoms with Gasteiger partial charge in [0.05, 0.1) is 25.0 Å². The molecule has 3 rings (SSSR count). The van der Waals surface area contributed by atoms with Crippen LogP contribution in [0.2, 0.25) is 0 Å². The molecule has 1 aliphatic heterocycles. The van der Waals surface area contributed by atoms with Crippen LogP contribution in [0.15, 0.2) is 29.2 Å². The van der Waals surface area contributed by atoms with E-state index in [0.29, 0.717) is 12.6 Å². The summed E-state index contributed by atoms with van der Waals surface area (Å²) >= 11 is 0. The highest BCUT2D eigenvalue weighted by Crippen LogP contribution is 2.18. The van der Waals surface area contributed by atoms with Gasteiger partial charge in [-0.1, -0.05) is 20.8 Å². The zero-order chi connectivity index (χ0) is 20.1. The van der Waals surface area contributed by atoms with Gasteiger partial charge in [-0.25, -0.2) is 9.67 Å². The molecule has 0 amide bonds. The predicted molar refractivity (Wildman–Crippen MR) is 107 cm³/mol. The Kier molecular flexibility index (Phi) is 6.41. The van der Waals surface area contributed by atoms with Crippen LogP contribution in [0, 0.1) is 0 Å². The van der Waals surface area contributed by atoms with Crippen molar-refractivity contribution in [2.24, 2.45) is 0 Å². The third kappa shape index (κ3) is 5.36. The summed E-state index contributed by atoms with van der Waals surface area (Å²) in [5.41, 5.74) is 1.81. The number of nitrogens with zero attached hydrogens (tertiary/aromatic N) is 6. The third-order valence-corrected chi connectivity index (χ3v) is 4.99. The number of methoxy groups -OCH3 is 1. The predicted octanol–water partition coefficient (Wildman–Crippen LogP) is 1.16. The first-order valence-corrected chi connectivity index (χ1v) is 9.74. The summed E-state index contributed by atoms with van der Waals surface area (Å²) in [6, 6.07) is 5.79. The molecule has 1 aliphatic rings. The van der Waals surface area contributed by atoms with E-state index in [0.717, 1.165) is 50.7 Å². The van der Waals surface area contributed by atoms with E-state index in [-0.39, 0.29) is 11.0 Å². The van der Waals surface area contributed by atoms with Crippen molar-refractivity contribution in [1.29, 1.82) is 0 Å². The van der Waals surface area contributed by atoms with E-state index in [1.54, 1.807) is 24.1 Å². The van der Waals surface area contributed by atoms with Crippen molar-refractivity contribution < 1.29 is 4.74 Å². The first-order valence-electron chi connectivity index (χ1n) is 9.74. The Morgan fingerprint density at radius 1 is 1.04 bits per heavy atom. The minimum absolute atomic E-state index is 0.0376. The summed E-state index contributed by atoms with van der Waals surface area (Å²) < 4.78 is 6.69. The van der Waals surface area contributed by atoms with E-state index in [2.05, 4.69) is 45.6 Å². The normalized spacial score (nSPS) is 16.3. The van der Waals surface area contributed by atoms with Crippen molar-refractivity contribution in [2.45, 2.75) is 39.3 Å². The molecule has 0 unspecified atom stereocenters. The molecule has 1 fully saturated rings. The van der Waals surface area contributed by atoms with E-state index in [1.165, 1.54) is 0 Å². The topological polar surface area (TPSA) is 76.4 Å². The van der Waals surface area contributed by atoms with Crippen LogP contribution in [-0.2, 0) is 18.5 Å². The second kappa shape index (κ2) is 8.79. The number of ether oxygens (including phenoxy) is 1. The Morgan fingerprint density at radius 3 is 2.43 bits per heavy atom. The molecule has 2 aromatic rings. The fourth-order valence-corrected chi connectivity index (χ4v) is 3.21. The highest BCUT2D eigenvalue weighted by atomic mass is 16.5. The zero-order valence-corrected chi connectivity index (χ0v) is 17.3. The van der Waals surface area contributed by atoms with E-state index < -0.39 is 0 Å². The Balaban J connectivity index is 1.50. The molecule has 1 saturated heterocycles. The molecule has 0 atom stereocenters. The van der Waals surface area contributed by atoms with Crippen molar-refractivity contribution in [1.82, 2.24) is 29.5 Å². The maximum atomic E-state index is 12.1. The van der Waals surface area contributed by atoms with Crippen molar-refractivity contribution in [3.63, 3.8) is 0 Å². The molecule has 0 radical (unpaired) electrons. The molecule has 0 bridgehead atoms. The molecule has 2 aromatic heterocycles. The molecule has 0 N–H and O–H groups in total. The van der Waals surface area contributed by atoms with Gasteiger partial charge in [-0.3, -0.25) is 14.6 Å². The summed E-state index contributed by atoms with van der Waals surface area (Å²) in [5, 5.41) is 4.56. The third-order valence-electron chi connectivity index (χ3n) is 4.99. The van der Waals surface area contributed by atoms with Gasteiger partial charge in [-0.05, 0) is 12.1 Å². The Labute approximate surface area is 166 Å². The molecular formula is C20H30N6O2. The second-order valence-electron chi connectivity index (χ2n) is 8.18. The van der Waals surface area contributed by atoms with Gasteiger partial charge in [0, 0.05) is 56.9 Å².